The van der Waals surface area contributed by atoms with Gasteiger partial charge in [0, 0.05) is 114 Å². The molecule has 1 saturated carbocycles. The number of piperidine rings is 4. The van der Waals surface area contributed by atoms with Crippen LogP contribution in [0.25, 0.3) is 0 Å². The second-order valence-electron chi connectivity index (χ2n) is 35.2. The highest BCUT2D eigenvalue weighted by Gasteiger charge is 2.61. The van der Waals surface area contributed by atoms with E-state index >= 15 is 0 Å². The standard InChI is InChI=1S/C26H50N4O2.C22H40N2O2.C14H24N2O2.C12H30N4/c1-23(2)15-21(16-24(3,4)27-23)29(19-31)13-11-9-10-12-14-30(20-32)22-17-25(5,6)28-26(7,8)18-22;1-19(2)16-21(17-20(3,4)24-19)18(25)23-22(26-21)14-12-10-8-6-5-7-9-11-13-15-22;1-9-6-11(17)16(12(9)18)10-7-13(2,3)15-14(4,5)8-10;1-13-7-5-9-15(3)11-12-16(4)10-6-8-14-2/h19-22,27-28H,9-18H2,1-8H3;24H,5-17H2,1-4H3,(H,23,25);9-10,15H,6-8H2,1-5H3;13-14H,5-12H2,1-4H3. The zero-order valence-electron chi connectivity index (χ0n) is 63.2. The molecule has 6 heterocycles. The monoisotopic (exact) mass is 1300 g/mol. The molecule has 1 aliphatic carbocycles. The summed E-state index contributed by atoms with van der Waals surface area (Å²) in [6.07, 6.45) is 29.8. The molecule has 1 atom stereocenters. The van der Waals surface area contributed by atoms with Gasteiger partial charge in [0.2, 0.25) is 24.6 Å². The van der Waals surface area contributed by atoms with E-state index in [-0.39, 0.29) is 74.0 Å². The number of amides is 5. The molecule has 7 rings (SSSR count). The van der Waals surface area contributed by atoms with Gasteiger partial charge in [0.25, 0.3) is 5.91 Å². The number of carbonyl (C=O) groups is 5. The molecule has 18 nitrogen and oxygen atoms in total. The average Bonchev–Trinajstić information content (AvgIpc) is 1.55. The molecule has 6 saturated heterocycles. The lowest BCUT2D eigenvalue weighted by molar-refractivity contribution is -0.165. The van der Waals surface area contributed by atoms with E-state index in [4.69, 9.17) is 4.74 Å². The second kappa shape index (κ2) is 35.6. The van der Waals surface area contributed by atoms with E-state index < -0.39 is 11.3 Å². The zero-order chi connectivity index (χ0) is 69.0. The number of nitrogens with one attached hydrogen (secondary N) is 7. The maximum Gasteiger partial charge on any atom is 0.254 e. The molecule has 0 aromatic rings. The molecule has 7 fully saturated rings. The van der Waals surface area contributed by atoms with Crippen molar-refractivity contribution in [1.29, 1.82) is 0 Å². The van der Waals surface area contributed by atoms with Gasteiger partial charge in [0.15, 0.2) is 5.60 Å². The Morgan fingerprint density at radius 1 is 0.478 bits per heavy atom. The van der Waals surface area contributed by atoms with E-state index in [1.807, 2.05) is 30.8 Å². The Balaban J connectivity index is 0.000000271. The number of likely N-dealkylation sites (tertiary alicyclic amines) is 1. The summed E-state index contributed by atoms with van der Waals surface area (Å²) in [6, 6.07) is 0.646. The molecule has 7 aliphatic rings. The van der Waals surface area contributed by atoms with E-state index in [1.165, 1.54) is 88.9 Å². The molecule has 536 valence electrons. The van der Waals surface area contributed by atoms with Crippen molar-refractivity contribution in [2.45, 2.75) is 358 Å². The van der Waals surface area contributed by atoms with Crippen LogP contribution < -0.4 is 37.2 Å². The van der Waals surface area contributed by atoms with Crippen LogP contribution >= 0.6 is 0 Å². The lowest BCUT2D eigenvalue weighted by Crippen LogP contribution is -2.65. The molecular weight excluding hydrogens is 1150 g/mol. The molecule has 5 amide bonds. The van der Waals surface area contributed by atoms with Crippen molar-refractivity contribution >= 4 is 30.5 Å². The molecule has 6 aliphatic heterocycles. The van der Waals surface area contributed by atoms with Gasteiger partial charge in [-0.3, -0.25) is 28.9 Å². The summed E-state index contributed by atoms with van der Waals surface area (Å²) in [5.41, 5.74) is -1.21. The first-order chi connectivity index (χ1) is 42.7. The molecule has 2 spiro atoms. The lowest BCUT2D eigenvalue weighted by atomic mass is 9.72. The number of hydrogen-bond donors (Lipinski definition) is 7. The van der Waals surface area contributed by atoms with Crippen LogP contribution in [0, 0.1) is 5.92 Å². The van der Waals surface area contributed by atoms with E-state index in [9.17, 15) is 24.0 Å². The van der Waals surface area contributed by atoms with Gasteiger partial charge in [-0.15, -0.1) is 0 Å². The molecule has 1 unspecified atom stereocenters. The fourth-order valence-corrected chi connectivity index (χ4v) is 17.8. The molecular formula is C74H144N12O6. The molecule has 92 heavy (non-hydrogen) atoms. The molecule has 0 aromatic heterocycles. The topological polar surface area (TPSA) is 195 Å². The first kappa shape index (κ1) is 81.6. The van der Waals surface area contributed by atoms with Gasteiger partial charge < -0.3 is 61.6 Å². The number of carbonyl (C=O) groups excluding carboxylic acids is 5. The number of rotatable bonds is 23. The molecule has 7 N–H and O–H groups in total. The Bertz CT molecular complexity index is 2100. The van der Waals surface area contributed by atoms with E-state index in [0.29, 0.717) is 18.5 Å². The summed E-state index contributed by atoms with van der Waals surface area (Å²) >= 11 is 0. The predicted octanol–water partition coefficient (Wildman–Crippen LogP) is 10.7. The van der Waals surface area contributed by atoms with Crippen molar-refractivity contribution in [1.82, 2.24) is 61.7 Å². The van der Waals surface area contributed by atoms with Gasteiger partial charge in [-0.25, -0.2) is 0 Å². The van der Waals surface area contributed by atoms with Gasteiger partial charge in [-0.05, 0) is 255 Å². The summed E-state index contributed by atoms with van der Waals surface area (Å²) in [6.45, 7) is 45.6. The van der Waals surface area contributed by atoms with E-state index in [0.717, 1.165) is 142 Å². The van der Waals surface area contributed by atoms with Gasteiger partial charge in [0.05, 0.1) is 0 Å². The minimum absolute atomic E-state index is 0.00556. The van der Waals surface area contributed by atoms with Crippen molar-refractivity contribution in [3.63, 3.8) is 0 Å². The number of ether oxygens (including phenoxy) is 1. The Labute approximate surface area is 563 Å². The molecule has 0 radical (unpaired) electrons. The third-order valence-electron chi connectivity index (χ3n) is 20.3. The highest BCUT2D eigenvalue weighted by atomic mass is 16.6. The van der Waals surface area contributed by atoms with Crippen molar-refractivity contribution in [3.8, 4) is 0 Å². The van der Waals surface area contributed by atoms with Crippen molar-refractivity contribution in [3.05, 3.63) is 0 Å². The van der Waals surface area contributed by atoms with Crippen LogP contribution in [0.1, 0.15) is 285 Å². The summed E-state index contributed by atoms with van der Waals surface area (Å²) < 4.78 is 6.81. The van der Waals surface area contributed by atoms with Crippen LogP contribution in [0.3, 0.4) is 0 Å². The number of unbranched alkanes of at least 4 members (excludes halogenated alkanes) is 3. The van der Waals surface area contributed by atoms with Crippen LogP contribution in [0.15, 0.2) is 0 Å². The van der Waals surface area contributed by atoms with Gasteiger partial charge in [-0.2, -0.15) is 0 Å². The first-order valence-corrected chi connectivity index (χ1v) is 36.8. The summed E-state index contributed by atoms with van der Waals surface area (Å²) in [4.78, 5) is 71.4. The van der Waals surface area contributed by atoms with E-state index in [1.54, 1.807) is 0 Å². The fraction of sp³-hybridized carbons (Fsp3) is 0.932. The third-order valence-corrected chi connectivity index (χ3v) is 20.3. The number of nitrogens with zero attached hydrogens (tertiary/aromatic N) is 5. The van der Waals surface area contributed by atoms with Gasteiger partial charge >= 0.3 is 0 Å². The van der Waals surface area contributed by atoms with Crippen molar-refractivity contribution < 1.29 is 28.7 Å². The Morgan fingerprint density at radius 2 is 0.826 bits per heavy atom. The molecule has 0 bridgehead atoms. The molecule has 18 heteroatoms. The largest absolute Gasteiger partial charge is 0.342 e. The van der Waals surface area contributed by atoms with Crippen molar-refractivity contribution in [2.75, 3.05) is 80.5 Å². The SMILES string of the molecule is CC1(C)CC(N(C=O)CCCCCCN(C=O)C2CC(C)(C)NC(C)(C)C2)CC(C)(C)N1.CC1(C)CC2(CC(C)(C)N1)OC1(CCCCCCCCCCC1)NC2=O.CC1CC(=O)N(C2CC(C)(C)NC(C)(C)C2)C1=O.CNCCCN(C)CCN(C)CCCNC. The number of hydrogen-bond acceptors (Lipinski definition) is 14. The lowest BCUT2D eigenvalue weighted by Gasteiger charge is -2.50. The Kier molecular flexibility index (Phi) is 31.6. The Morgan fingerprint density at radius 3 is 1.16 bits per heavy atom. The minimum atomic E-state index is -0.671. The van der Waals surface area contributed by atoms with Crippen LogP contribution in [-0.2, 0) is 28.7 Å². The normalized spacial score (nSPS) is 25.7. The Hall–Kier alpha value is -2.81. The maximum absolute atomic E-state index is 13.2. The zero-order valence-corrected chi connectivity index (χ0v) is 63.2. The van der Waals surface area contributed by atoms with E-state index in [2.05, 4.69) is 172 Å². The highest BCUT2D eigenvalue weighted by Crippen LogP contribution is 2.47. The predicted molar refractivity (Wildman–Crippen MR) is 381 cm³/mol. The molecule has 0 aromatic carbocycles. The number of imide groups is 1. The first-order valence-electron chi connectivity index (χ1n) is 36.8. The average molecular weight is 1300 g/mol. The highest BCUT2D eigenvalue weighted by molar-refractivity contribution is 6.03. The van der Waals surface area contributed by atoms with Crippen LogP contribution in [0.2, 0.25) is 0 Å². The van der Waals surface area contributed by atoms with Crippen LogP contribution in [0.4, 0.5) is 0 Å². The maximum atomic E-state index is 13.2. The van der Waals surface area contributed by atoms with Gasteiger partial charge in [0.1, 0.15) is 5.72 Å². The third kappa shape index (κ3) is 28.0. The van der Waals surface area contributed by atoms with Gasteiger partial charge in [-0.1, -0.05) is 64.7 Å². The summed E-state index contributed by atoms with van der Waals surface area (Å²) in [7, 11) is 8.43. The second-order valence-corrected chi connectivity index (χ2v) is 35.2. The fourth-order valence-electron chi connectivity index (χ4n) is 17.8. The van der Waals surface area contributed by atoms with Crippen LogP contribution in [0.5, 0.6) is 0 Å². The number of likely N-dealkylation sites (N-methyl/N-ethyl adjacent to an activating group) is 2. The summed E-state index contributed by atoms with van der Waals surface area (Å²) in [5, 5.41) is 24.4. The van der Waals surface area contributed by atoms with Crippen molar-refractivity contribution in [2.24, 2.45) is 5.92 Å². The van der Waals surface area contributed by atoms with Crippen LogP contribution in [-0.4, -0.2) is 209 Å². The minimum Gasteiger partial charge on any atom is -0.342 e. The quantitative estimate of drug-likeness (QED) is 0.0290. The summed E-state index contributed by atoms with van der Waals surface area (Å²) in [5.74, 6) is 0.00959. The smallest absolute Gasteiger partial charge is 0.254 e.